The molecule has 0 bridgehead atoms. The molecule has 0 atom stereocenters. The van der Waals surface area contributed by atoms with Crippen LogP contribution in [-0.4, -0.2) is 19.7 Å². The van der Waals surface area contributed by atoms with Crippen molar-refractivity contribution < 1.29 is 9.18 Å². The van der Waals surface area contributed by atoms with E-state index in [2.05, 4.69) is 4.98 Å². The summed E-state index contributed by atoms with van der Waals surface area (Å²) in [5, 5.41) is 0. The van der Waals surface area contributed by atoms with E-state index in [0.717, 1.165) is 16.8 Å². The van der Waals surface area contributed by atoms with E-state index in [1.54, 1.807) is 35.0 Å². The molecule has 3 heterocycles. The van der Waals surface area contributed by atoms with Gasteiger partial charge in [0.2, 0.25) is 0 Å². The summed E-state index contributed by atoms with van der Waals surface area (Å²) in [7, 11) is 0. The average molecular weight is 363 g/mol. The summed E-state index contributed by atoms with van der Waals surface area (Å²) in [5.41, 5.74) is 3.22. The molecular formula is C21H18FN3O2. The van der Waals surface area contributed by atoms with Crippen LogP contribution in [0.1, 0.15) is 17.7 Å². The first-order chi connectivity index (χ1) is 13.0. The summed E-state index contributed by atoms with van der Waals surface area (Å²) in [6.45, 7) is 2.10. The van der Waals surface area contributed by atoms with E-state index in [0.29, 0.717) is 11.0 Å². The van der Waals surface area contributed by atoms with Crippen LogP contribution in [0.25, 0.3) is 16.6 Å². The van der Waals surface area contributed by atoms with Crippen molar-refractivity contribution in [1.82, 2.24) is 14.0 Å². The molecule has 0 spiro atoms. The number of carbonyl (C=O) groups is 1. The third-order valence-electron chi connectivity index (χ3n) is 4.69. The van der Waals surface area contributed by atoms with Gasteiger partial charge in [-0.3, -0.25) is 14.6 Å². The molecule has 0 aliphatic rings. The first-order valence-electron chi connectivity index (χ1n) is 8.75. The zero-order valence-electron chi connectivity index (χ0n) is 14.9. The monoisotopic (exact) mass is 363 g/mol. The minimum absolute atomic E-state index is 0.00682. The van der Waals surface area contributed by atoms with E-state index in [1.165, 1.54) is 16.7 Å². The molecule has 0 saturated carbocycles. The van der Waals surface area contributed by atoms with Gasteiger partial charge in [0.15, 0.2) is 0 Å². The number of halogens is 1. The van der Waals surface area contributed by atoms with Crippen LogP contribution in [0.4, 0.5) is 4.39 Å². The topological polar surface area (TPSA) is 56.4 Å². The summed E-state index contributed by atoms with van der Waals surface area (Å²) < 4.78 is 17.0. The van der Waals surface area contributed by atoms with Gasteiger partial charge in [0.25, 0.3) is 5.56 Å². The highest BCUT2D eigenvalue weighted by atomic mass is 19.1. The molecule has 0 amide bonds. The van der Waals surface area contributed by atoms with Crippen LogP contribution >= 0.6 is 0 Å². The fourth-order valence-corrected chi connectivity index (χ4v) is 3.31. The normalized spacial score (nSPS) is 11.3. The summed E-state index contributed by atoms with van der Waals surface area (Å²) in [6, 6.07) is 11.6. The Kier molecular flexibility index (Phi) is 4.32. The van der Waals surface area contributed by atoms with Gasteiger partial charge in [-0.1, -0.05) is 6.07 Å². The summed E-state index contributed by atoms with van der Waals surface area (Å²) in [6.07, 6.45) is 3.92. The minimum Gasteiger partial charge on any atom is -0.310 e. The second-order valence-corrected chi connectivity index (χ2v) is 6.63. The number of ketones is 1. The number of Topliss-reactive ketones (excluding diaryl/α,β-unsaturated/α-hetero) is 1. The van der Waals surface area contributed by atoms with Crippen LogP contribution in [0.15, 0.2) is 59.7 Å². The van der Waals surface area contributed by atoms with Crippen molar-refractivity contribution >= 4 is 22.3 Å². The summed E-state index contributed by atoms with van der Waals surface area (Å²) in [4.78, 5) is 29.4. The molecule has 1 aromatic carbocycles. The molecule has 4 rings (SSSR count). The summed E-state index contributed by atoms with van der Waals surface area (Å²) in [5.74, 6) is -0.411. The number of hydrogen-bond acceptors (Lipinski definition) is 3. The van der Waals surface area contributed by atoms with E-state index in [1.807, 2.05) is 19.1 Å². The molecule has 136 valence electrons. The van der Waals surface area contributed by atoms with Crippen molar-refractivity contribution in [3.05, 3.63) is 82.3 Å². The molecule has 27 heavy (non-hydrogen) atoms. The zero-order chi connectivity index (χ0) is 19.0. The Balaban J connectivity index is 1.65. The molecule has 0 radical (unpaired) electrons. The number of rotatable bonds is 5. The minimum atomic E-state index is -0.417. The lowest BCUT2D eigenvalue weighted by Gasteiger charge is -2.12. The van der Waals surface area contributed by atoms with Crippen LogP contribution < -0.4 is 5.56 Å². The van der Waals surface area contributed by atoms with E-state index in [9.17, 15) is 14.0 Å². The van der Waals surface area contributed by atoms with Crippen molar-refractivity contribution in [2.75, 3.05) is 0 Å². The Morgan fingerprint density at radius 3 is 2.74 bits per heavy atom. The van der Waals surface area contributed by atoms with Gasteiger partial charge in [-0.2, -0.15) is 0 Å². The third kappa shape index (κ3) is 3.26. The van der Waals surface area contributed by atoms with Crippen LogP contribution in [0.5, 0.6) is 0 Å². The summed E-state index contributed by atoms with van der Waals surface area (Å²) >= 11 is 0. The lowest BCUT2D eigenvalue weighted by molar-refractivity contribution is -0.118. The Labute approximate surface area is 154 Å². The van der Waals surface area contributed by atoms with Crippen LogP contribution in [0.3, 0.4) is 0 Å². The van der Waals surface area contributed by atoms with Gasteiger partial charge in [-0.25, -0.2) is 4.39 Å². The number of hydrogen-bond donors (Lipinski definition) is 0. The first kappa shape index (κ1) is 17.1. The van der Waals surface area contributed by atoms with Gasteiger partial charge in [0.05, 0.1) is 11.0 Å². The molecule has 0 fully saturated rings. The fourth-order valence-electron chi connectivity index (χ4n) is 3.31. The number of carbonyl (C=O) groups excluding carboxylic acids is 1. The number of pyridine rings is 1. The van der Waals surface area contributed by atoms with E-state index in [-0.39, 0.29) is 30.7 Å². The van der Waals surface area contributed by atoms with Gasteiger partial charge in [0.1, 0.15) is 17.1 Å². The van der Waals surface area contributed by atoms with E-state index < -0.39 is 5.82 Å². The number of aryl methyl sites for hydroxylation is 2. The molecule has 3 aromatic heterocycles. The quantitative estimate of drug-likeness (QED) is 0.547. The average Bonchev–Trinajstić information content (AvgIpc) is 3.13. The van der Waals surface area contributed by atoms with Crippen molar-refractivity contribution in [3.8, 4) is 0 Å². The van der Waals surface area contributed by atoms with Gasteiger partial charge in [-0.05, 0) is 48.9 Å². The van der Waals surface area contributed by atoms with Crippen molar-refractivity contribution in [2.45, 2.75) is 26.3 Å². The Bertz CT molecular complexity index is 1210. The first-order valence-corrected chi connectivity index (χ1v) is 8.75. The number of aromatic nitrogens is 3. The fraction of sp³-hybridized carbons (Fsp3) is 0.190. The van der Waals surface area contributed by atoms with Crippen molar-refractivity contribution in [3.63, 3.8) is 0 Å². The Morgan fingerprint density at radius 2 is 1.96 bits per heavy atom. The molecule has 0 aliphatic carbocycles. The third-order valence-corrected chi connectivity index (χ3v) is 4.69. The number of fused-ring (bicyclic) bond motifs is 3. The lowest BCUT2D eigenvalue weighted by atomic mass is 10.1. The molecular weight excluding hydrogens is 345 g/mol. The van der Waals surface area contributed by atoms with Crippen LogP contribution in [-0.2, 0) is 17.8 Å². The van der Waals surface area contributed by atoms with Crippen LogP contribution in [0.2, 0.25) is 0 Å². The zero-order valence-corrected chi connectivity index (χ0v) is 14.9. The molecule has 0 saturated heterocycles. The Hall–Kier alpha value is -3.28. The molecule has 0 N–H and O–H groups in total. The standard InChI is InChI=1S/C21H18FN3O2/c1-14-4-5-15(13-23-14)11-17(26)8-10-25-20-12-16(22)6-7-18(20)24-9-2-3-19(24)21(25)27/h2-7,9,12-13H,8,10-11H2,1H3. The molecule has 6 heteroatoms. The highest BCUT2D eigenvalue weighted by molar-refractivity contribution is 5.82. The highest BCUT2D eigenvalue weighted by Crippen LogP contribution is 2.17. The van der Waals surface area contributed by atoms with Gasteiger partial charge < -0.3 is 8.97 Å². The maximum absolute atomic E-state index is 13.8. The van der Waals surface area contributed by atoms with Gasteiger partial charge in [0, 0.05) is 37.5 Å². The second-order valence-electron chi connectivity index (χ2n) is 6.63. The van der Waals surface area contributed by atoms with Crippen molar-refractivity contribution in [1.29, 1.82) is 0 Å². The van der Waals surface area contributed by atoms with Gasteiger partial charge in [-0.15, -0.1) is 0 Å². The maximum Gasteiger partial charge on any atom is 0.275 e. The number of nitrogens with zero attached hydrogens (tertiary/aromatic N) is 3. The Morgan fingerprint density at radius 1 is 1.11 bits per heavy atom. The largest absolute Gasteiger partial charge is 0.310 e. The van der Waals surface area contributed by atoms with Crippen molar-refractivity contribution in [2.24, 2.45) is 0 Å². The predicted octanol–water partition coefficient (Wildman–Crippen LogP) is 3.30. The smallest absolute Gasteiger partial charge is 0.275 e. The molecule has 0 aliphatic heterocycles. The van der Waals surface area contributed by atoms with Gasteiger partial charge >= 0.3 is 0 Å². The SMILES string of the molecule is Cc1ccc(CC(=O)CCn2c(=O)c3cccn3c3ccc(F)cc32)cn1. The highest BCUT2D eigenvalue weighted by Gasteiger charge is 2.13. The predicted molar refractivity (Wildman–Crippen MR) is 101 cm³/mol. The maximum atomic E-state index is 13.8. The lowest BCUT2D eigenvalue weighted by Crippen LogP contribution is -2.24. The number of benzene rings is 1. The van der Waals surface area contributed by atoms with E-state index in [4.69, 9.17) is 0 Å². The van der Waals surface area contributed by atoms with E-state index >= 15 is 0 Å². The molecule has 4 aromatic rings. The molecule has 0 unspecified atom stereocenters. The van der Waals surface area contributed by atoms with Crippen LogP contribution in [0, 0.1) is 12.7 Å². The second kappa shape index (κ2) is 6.79. The molecule has 5 nitrogen and oxygen atoms in total.